The fourth-order valence-corrected chi connectivity index (χ4v) is 1.89. The number of anilines is 1. The molecule has 6 heteroatoms. The lowest BCUT2D eigenvalue weighted by atomic mass is 10.2. The Labute approximate surface area is 123 Å². The largest absolute Gasteiger partial charge is 0.494 e. The molecule has 0 fully saturated rings. The molecule has 0 aliphatic rings. The molecular formula is C15H20N4O2. The quantitative estimate of drug-likeness (QED) is 0.677. The van der Waals surface area contributed by atoms with Gasteiger partial charge < -0.3 is 15.8 Å². The molecule has 0 aliphatic heterocycles. The first-order valence-electron chi connectivity index (χ1n) is 7.01. The van der Waals surface area contributed by atoms with Crippen LogP contribution in [-0.4, -0.2) is 29.3 Å². The Kier molecular flexibility index (Phi) is 5.20. The third-order valence-corrected chi connectivity index (χ3v) is 3.07. The number of hydrogen-bond donors (Lipinski definition) is 3. The van der Waals surface area contributed by atoms with Crippen molar-refractivity contribution in [3.8, 4) is 5.75 Å². The molecule has 1 aromatic heterocycles. The number of H-pyrrole nitrogens is 1. The average molecular weight is 288 g/mol. The van der Waals surface area contributed by atoms with Gasteiger partial charge in [-0.1, -0.05) is 25.1 Å². The Hall–Kier alpha value is -2.50. The van der Waals surface area contributed by atoms with Gasteiger partial charge in [-0.05, 0) is 25.0 Å². The first kappa shape index (κ1) is 14.9. The van der Waals surface area contributed by atoms with Crippen molar-refractivity contribution in [1.29, 1.82) is 0 Å². The molecule has 1 amide bonds. The number of carbonyl (C=O) groups excluding carboxylic acids is 1. The third kappa shape index (κ3) is 3.98. The summed E-state index contributed by atoms with van der Waals surface area (Å²) in [6, 6.07) is 9.57. The van der Waals surface area contributed by atoms with Crippen molar-refractivity contribution < 1.29 is 9.53 Å². The van der Waals surface area contributed by atoms with Crippen molar-refractivity contribution in [3.05, 3.63) is 41.7 Å². The highest BCUT2D eigenvalue weighted by atomic mass is 16.5. The van der Waals surface area contributed by atoms with E-state index in [2.05, 4.69) is 15.5 Å². The van der Waals surface area contributed by atoms with E-state index in [1.165, 1.54) is 0 Å². The van der Waals surface area contributed by atoms with Crippen molar-refractivity contribution in [2.45, 2.75) is 19.8 Å². The Bertz CT molecular complexity index is 581. The smallest absolute Gasteiger partial charge is 0.273 e. The molecule has 0 saturated carbocycles. The van der Waals surface area contributed by atoms with Crippen molar-refractivity contribution in [2.24, 2.45) is 0 Å². The summed E-state index contributed by atoms with van der Waals surface area (Å²) < 4.78 is 5.54. The van der Waals surface area contributed by atoms with Crippen LogP contribution in [0.3, 0.4) is 0 Å². The molecule has 0 radical (unpaired) electrons. The van der Waals surface area contributed by atoms with E-state index in [1.54, 1.807) is 0 Å². The summed E-state index contributed by atoms with van der Waals surface area (Å²) in [4.78, 5) is 11.9. The minimum atomic E-state index is -0.261. The number of aromatic amines is 1. The molecule has 4 N–H and O–H groups in total. The number of para-hydroxylation sites is 1. The molecule has 6 nitrogen and oxygen atoms in total. The molecule has 2 rings (SSSR count). The molecule has 0 aliphatic carbocycles. The number of aryl methyl sites for hydroxylation is 1. The minimum absolute atomic E-state index is 0.260. The predicted molar refractivity (Wildman–Crippen MR) is 81.3 cm³/mol. The highest BCUT2D eigenvalue weighted by Gasteiger charge is 2.15. The zero-order valence-corrected chi connectivity index (χ0v) is 12.1. The van der Waals surface area contributed by atoms with Gasteiger partial charge in [0.15, 0.2) is 5.69 Å². The molecule has 0 atom stereocenters. The Morgan fingerprint density at radius 2 is 2.14 bits per heavy atom. The number of aromatic nitrogens is 2. The number of benzene rings is 1. The highest BCUT2D eigenvalue weighted by molar-refractivity contribution is 5.97. The fraction of sp³-hybridized carbons (Fsp3) is 0.333. The van der Waals surface area contributed by atoms with E-state index in [9.17, 15) is 4.79 Å². The van der Waals surface area contributed by atoms with Gasteiger partial charge in [0.2, 0.25) is 0 Å². The zero-order valence-electron chi connectivity index (χ0n) is 12.1. The summed E-state index contributed by atoms with van der Waals surface area (Å²) in [6.07, 6.45) is 1.43. The van der Waals surface area contributed by atoms with Gasteiger partial charge in [0, 0.05) is 6.54 Å². The number of amides is 1. The molecular weight excluding hydrogens is 268 g/mol. The van der Waals surface area contributed by atoms with Crippen molar-refractivity contribution >= 4 is 11.6 Å². The van der Waals surface area contributed by atoms with E-state index in [0.29, 0.717) is 25.3 Å². The van der Waals surface area contributed by atoms with E-state index >= 15 is 0 Å². The monoisotopic (exact) mass is 288 g/mol. The van der Waals surface area contributed by atoms with Gasteiger partial charge in [0.1, 0.15) is 5.75 Å². The van der Waals surface area contributed by atoms with E-state index in [-0.39, 0.29) is 11.6 Å². The SMILES string of the molecule is CCc1[nH]nc(C(=O)NCCCOc2ccccc2)c1N. The van der Waals surface area contributed by atoms with Crippen LogP contribution in [0.2, 0.25) is 0 Å². The van der Waals surface area contributed by atoms with Crippen LogP contribution in [0, 0.1) is 0 Å². The lowest BCUT2D eigenvalue weighted by Crippen LogP contribution is -2.26. The van der Waals surface area contributed by atoms with Gasteiger partial charge in [0.05, 0.1) is 18.0 Å². The predicted octanol–water partition coefficient (Wildman–Crippen LogP) is 1.75. The number of nitrogen functional groups attached to an aromatic ring is 1. The van der Waals surface area contributed by atoms with Crippen LogP contribution >= 0.6 is 0 Å². The second-order valence-electron chi connectivity index (χ2n) is 4.59. The molecule has 0 bridgehead atoms. The summed E-state index contributed by atoms with van der Waals surface area (Å²) in [5.74, 6) is 0.566. The molecule has 0 spiro atoms. The number of nitrogens with one attached hydrogen (secondary N) is 2. The number of nitrogens with two attached hydrogens (primary N) is 1. The maximum Gasteiger partial charge on any atom is 0.273 e. The second kappa shape index (κ2) is 7.33. The number of nitrogens with zero attached hydrogens (tertiary/aromatic N) is 1. The van der Waals surface area contributed by atoms with Gasteiger partial charge in [-0.2, -0.15) is 5.10 Å². The lowest BCUT2D eigenvalue weighted by Gasteiger charge is -2.06. The maximum atomic E-state index is 11.9. The normalized spacial score (nSPS) is 10.3. The molecule has 1 aromatic carbocycles. The maximum absolute atomic E-state index is 11.9. The number of rotatable bonds is 7. The summed E-state index contributed by atoms with van der Waals surface area (Å²) in [6.45, 7) is 3.01. The van der Waals surface area contributed by atoms with Crippen LogP contribution in [0.15, 0.2) is 30.3 Å². The molecule has 0 saturated heterocycles. The zero-order chi connectivity index (χ0) is 15.1. The molecule has 1 heterocycles. The number of ether oxygens (including phenoxy) is 1. The fourth-order valence-electron chi connectivity index (χ4n) is 1.89. The van der Waals surface area contributed by atoms with Crippen LogP contribution in [0.4, 0.5) is 5.69 Å². The van der Waals surface area contributed by atoms with Gasteiger partial charge in [-0.25, -0.2) is 0 Å². The van der Waals surface area contributed by atoms with Gasteiger partial charge in [-0.3, -0.25) is 9.89 Å². The number of hydrogen-bond acceptors (Lipinski definition) is 4. The van der Waals surface area contributed by atoms with Gasteiger partial charge in [0.25, 0.3) is 5.91 Å². The Morgan fingerprint density at radius 3 is 2.81 bits per heavy atom. The average Bonchev–Trinajstić information content (AvgIpc) is 2.88. The first-order valence-corrected chi connectivity index (χ1v) is 7.01. The van der Waals surface area contributed by atoms with Crippen LogP contribution in [0.1, 0.15) is 29.5 Å². The Morgan fingerprint density at radius 1 is 1.38 bits per heavy atom. The molecule has 2 aromatic rings. The Balaban J connectivity index is 1.71. The summed E-state index contributed by atoms with van der Waals surface area (Å²) in [7, 11) is 0. The van der Waals surface area contributed by atoms with Crippen molar-refractivity contribution in [2.75, 3.05) is 18.9 Å². The highest BCUT2D eigenvalue weighted by Crippen LogP contribution is 2.14. The van der Waals surface area contributed by atoms with Crippen molar-refractivity contribution in [3.63, 3.8) is 0 Å². The van der Waals surface area contributed by atoms with E-state index in [1.807, 2.05) is 37.3 Å². The topological polar surface area (TPSA) is 93.0 Å². The van der Waals surface area contributed by atoms with Gasteiger partial charge in [-0.15, -0.1) is 0 Å². The van der Waals surface area contributed by atoms with E-state index < -0.39 is 0 Å². The second-order valence-corrected chi connectivity index (χ2v) is 4.59. The standard InChI is InChI=1S/C15H20N4O2/c1-2-12-13(16)14(19-18-12)15(20)17-9-6-10-21-11-7-4-3-5-8-11/h3-5,7-8H,2,6,9-10,16H2,1H3,(H,17,20)(H,18,19). The minimum Gasteiger partial charge on any atom is -0.494 e. The van der Waals surface area contributed by atoms with Crippen LogP contribution in [0.5, 0.6) is 5.75 Å². The van der Waals surface area contributed by atoms with Crippen molar-refractivity contribution in [1.82, 2.24) is 15.5 Å². The van der Waals surface area contributed by atoms with Gasteiger partial charge >= 0.3 is 0 Å². The van der Waals surface area contributed by atoms with E-state index in [4.69, 9.17) is 10.5 Å². The lowest BCUT2D eigenvalue weighted by molar-refractivity contribution is 0.0947. The van der Waals surface area contributed by atoms with Crippen LogP contribution in [-0.2, 0) is 6.42 Å². The molecule has 0 unspecified atom stereocenters. The molecule has 21 heavy (non-hydrogen) atoms. The number of carbonyl (C=O) groups is 1. The van der Waals surface area contributed by atoms with E-state index in [0.717, 1.165) is 17.9 Å². The molecule has 112 valence electrons. The summed E-state index contributed by atoms with van der Waals surface area (Å²) >= 11 is 0. The summed E-state index contributed by atoms with van der Waals surface area (Å²) in [5, 5.41) is 9.49. The first-order chi connectivity index (χ1) is 10.2. The summed E-state index contributed by atoms with van der Waals surface area (Å²) in [5.41, 5.74) is 7.31. The van der Waals surface area contributed by atoms with Crippen LogP contribution < -0.4 is 15.8 Å². The van der Waals surface area contributed by atoms with Crippen LogP contribution in [0.25, 0.3) is 0 Å². The third-order valence-electron chi connectivity index (χ3n) is 3.07.